The van der Waals surface area contributed by atoms with Gasteiger partial charge in [0.25, 0.3) is 0 Å². The maximum Gasteiger partial charge on any atom is 0.469 e. The molecule has 0 heterocycles. The van der Waals surface area contributed by atoms with Gasteiger partial charge in [-0.2, -0.15) is 0 Å². The minimum absolute atomic E-state index is 0.0242. The summed E-state index contributed by atoms with van der Waals surface area (Å²) in [5.41, 5.74) is 0. The van der Waals surface area contributed by atoms with E-state index in [4.69, 9.17) is 28.7 Å². The molecule has 0 rings (SSSR count). The van der Waals surface area contributed by atoms with E-state index in [0.717, 1.165) is 0 Å². The topological polar surface area (TPSA) is 133 Å². The lowest BCUT2D eigenvalue weighted by Crippen LogP contribution is -2.28. The molecule has 0 aromatic carbocycles. The Bertz CT molecular complexity index is 350. The van der Waals surface area contributed by atoms with Gasteiger partial charge in [0.1, 0.15) is 0 Å². The van der Waals surface area contributed by atoms with Gasteiger partial charge in [-0.1, -0.05) is 0 Å². The van der Waals surface area contributed by atoms with Gasteiger partial charge in [0.15, 0.2) is 0 Å². The number of ether oxygens (including phenoxy) is 4. The van der Waals surface area contributed by atoms with Crippen LogP contribution >= 0.6 is 7.82 Å². The van der Waals surface area contributed by atoms with Crippen molar-refractivity contribution in [2.75, 3.05) is 66.0 Å². The molecule has 1 amide bonds. The van der Waals surface area contributed by atoms with Gasteiger partial charge in [-0.25, -0.2) is 4.57 Å². The molecule has 0 aromatic heterocycles. The molecule has 0 bridgehead atoms. The van der Waals surface area contributed by atoms with Crippen LogP contribution in [0.5, 0.6) is 0 Å². The van der Waals surface area contributed by atoms with Crippen molar-refractivity contribution < 1.29 is 42.6 Å². The number of hydrogen-bond acceptors (Lipinski definition) is 7. The summed E-state index contributed by atoms with van der Waals surface area (Å²) in [4.78, 5) is 28.2. The van der Waals surface area contributed by atoms with Crippen molar-refractivity contribution in [3.8, 4) is 0 Å². The second-order valence-electron chi connectivity index (χ2n) is 4.46. The highest BCUT2D eigenvalue weighted by Crippen LogP contribution is 2.34. The second kappa shape index (κ2) is 15.9. The molecule has 0 aliphatic carbocycles. The summed E-state index contributed by atoms with van der Waals surface area (Å²) in [7, 11) is -4.48. The molecule has 3 N–H and O–H groups in total. The quantitative estimate of drug-likeness (QED) is 0.232. The number of carbonyl (C=O) groups is 1. The van der Waals surface area contributed by atoms with Crippen LogP contribution in [0.15, 0.2) is 0 Å². The van der Waals surface area contributed by atoms with Crippen LogP contribution in [-0.4, -0.2) is 81.7 Å². The molecule has 24 heavy (non-hydrogen) atoms. The summed E-state index contributed by atoms with van der Waals surface area (Å²) in [5, 5.41) is 2.45. The van der Waals surface area contributed by atoms with Gasteiger partial charge < -0.3 is 34.1 Å². The molecule has 0 atom stereocenters. The number of carbonyl (C=O) groups excluding carboxylic acids is 1. The number of rotatable bonds is 17. The van der Waals surface area contributed by atoms with Crippen LogP contribution in [0.3, 0.4) is 0 Å². The highest BCUT2D eigenvalue weighted by molar-refractivity contribution is 7.46. The van der Waals surface area contributed by atoms with Gasteiger partial charge in [0.05, 0.1) is 52.9 Å². The molecular weight excluding hydrogens is 345 g/mol. The fourth-order valence-electron chi connectivity index (χ4n) is 1.41. The van der Waals surface area contributed by atoms with Crippen molar-refractivity contribution in [2.24, 2.45) is 0 Å². The molecule has 0 fully saturated rings. The summed E-state index contributed by atoms with van der Waals surface area (Å²) < 4.78 is 35.4. The van der Waals surface area contributed by atoms with Crippen LogP contribution in [0.4, 0.5) is 0 Å². The van der Waals surface area contributed by atoms with Gasteiger partial charge in [-0.05, 0) is 6.92 Å². The summed E-state index contributed by atoms with van der Waals surface area (Å²) in [6.07, 6.45) is 0.149. The maximum absolute atomic E-state index is 11.4. The fourth-order valence-corrected chi connectivity index (χ4v) is 1.74. The fraction of sp³-hybridized carbons (Fsp3) is 0.923. The molecule has 144 valence electrons. The molecule has 10 nitrogen and oxygen atoms in total. The van der Waals surface area contributed by atoms with Crippen molar-refractivity contribution in [2.45, 2.75) is 13.3 Å². The first kappa shape index (κ1) is 23.4. The van der Waals surface area contributed by atoms with Crippen LogP contribution < -0.4 is 5.32 Å². The Morgan fingerprint density at radius 3 is 1.88 bits per heavy atom. The zero-order valence-electron chi connectivity index (χ0n) is 14.0. The highest BCUT2D eigenvalue weighted by Gasteiger charge is 2.12. The van der Waals surface area contributed by atoms with E-state index in [-0.39, 0.29) is 32.1 Å². The third-order valence-electron chi connectivity index (χ3n) is 2.48. The van der Waals surface area contributed by atoms with E-state index in [1.54, 1.807) is 0 Å². The lowest BCUT2D eigenvalue weighted by molar-refractivity contribution is -0.122. The zero-order valence-corrected chi connectivity index (χ0v) is 14.9. The maximum atomic E-state index is 11.4. The van der Waals surface area contributed by atoms with Crippen LogP contribution in [0, 0.1) is 0 Å². The van der Waals surface area contributed by atoms with Crippen LogP contribution in [0.1, 0.15) is 13.3 Å². The van der Waals surface area contributed by atoms with E-state index in [2.05, 4.69) is 9.84 Å². The van der Waals surface area contributed by atoms with Crippen molar-refractivity contribution >= 4 is 13.7 Å². The van der Waals surface area contributed by atoms with Gasteiger partial charge in [-0.15, -0.1) is 0 Å². The van der Waals surface area contributed by atoms with E-state index in [1.807, 2.05) is 6.92 Å². The molecule has 11 heteroatoms. The molecule has 0 spiro atoms. The van der Waals surface area contributed by atoms with Crippen LogP contribution in [-0.2, 0) is 32.8 Å². The first-order chi connectivity index (χ1) is 11.5. The Hall–Kier alpha value is -0.580. The van der Waals surface area contributed by atoms with Crippen molar-refractivity contribution in [3.63, 3.8) is 0 Å². The number of phosphoric ester groups is 1. The molecule has 0 aromatic rings. The average Bonchev–Trinajstić information content (AvgIpc) is 2.52. The molecule has 0 aliphatic heterocycles. The normalized spacial score (nSPS) is 11.6. The van der Waals surface area contributed by atoms with Crippen molar-refractivity contribution in [1.29, 1.82) is 0 Å². The molecule has 0 radical (unpaired) electrons. The molecule has 0 unspecified atom stereocenters. The minimum Gasteiger partial charge on any atom is -0.379 e. The van der Waals surface area contributed by atoms with Gasteiger partial charge in [0, 0.05) is 19.6 Å². The third-order valence-corrected chi connectivity index (χ3v) is 3.00. The number of amides is 1. The Kier molecular flexibility index (Phi) is 15.5. The Labute approximate surface area is 142 Å². The zero-order chi connectivity index (χ0) is 18.1. The summed E-state index contributed by atoms with van der Waals surface area (Å²) in [6, 6.07) is 0. The molecule has 0 aliphatic rings. The summed E-state index contributed by atoms with van der Waals surface area (Å²) in [5.74, 6) is -0.284. The second-order valence-corrected chi connectivity index (χ2v) is 5.70. The number of hydrogen-bond donors (Lipinski definition) is 3. The standard InChI is InChI=1S/C13H28NO9P/c1-2-19-7-8-21-11-12-22-10-9-20-5-3-13(15)14-4-6-23-24(16,17)18/h2-12H2,1H3,(H,14,15)(H2,16,17,18). The minimum atomic E-state index is -4.48. The van der Waals surface area contributed by atoms with Crippen molar-refractivity contribution in [1.82, 2.24) is 5.32 Å². The number of phosphoric acid groups is 1. The van der Waals surface area contributed by atoms with Gasteiger partial charge >= 0.3 is 7.82 Å². The van der Waals surface area contributed by atoms with Gasteiger partial charge in [-0.3, -0.25) is 9.32 Å². The monoisotopic (exact) mass is 373 g/mol. The smallest absolute Gasteiger partial charge is 0.379 e. The Morgan fingerprint density at radius 2 is 1.38 bits per heavy atom. The third kappa shape index (κ3) is 19.5. The summed E-state index contributed by atoms with van der Waals surface area (Å²) >= 11 is 0. The lowest BCUT2D eigenvalue weighted by Gasteiger charge is -2.08. The first-order valence-electron chi connectivity index (χ1n) is 7.73. The van der Waals surface area contributed by atoms with Gasteiger partial charge in [0.2, 0.25) is 5.91 Å². The van der Waals surface area contributed by atoms with E-state index in [0.29, 0.717) is 46.2 Å². The first-order valence-corrected chi connectivity index (χ1v) is 9.26. The van der Waals surface area contributed by atoms with E-state index < -0.39 is 7.82 Å². The SMILES string of the molecule is CCOCCOCCOCCOCCC(=O)NCCOP(=O)(O)O. The average molecular weight is 373 g/mol. The van der Waals surface area contributed by atoms with Crippen LogP contribution in [0.2, 0.25) is 0 Å². The molecule has 0 saturated heterocycles. The Morgan fingerprint density at radius 1 is 0.875 bits per heavy atom. The highest BCUT2D eigenvalue weighted by atomic mass is 31.2. The van der Waals surface area contributed by atoms with E-state index in [9.17, 15) is 9.36 Å². The molecular formula is C13H28NO9P. The van der Waals surface area contributed by atoms with E-state index >= 15 is 0 Å². The summed E-state index contributed by atoms with van der Waals surface area (Å²) in [6.45, 7) is 5.47. The Balaban J connectivity index is 3.21. The predicted molar refractivity (Wildman–Crippen MR) is 84.6 cm³/mol. The van der Waals surface area contributed by atoms with E-state index in [1.165, 1.54) is 0 Å². The molecule has 0 saturated carbocycles. The number of nitrogens with one attached hydrogen (secondary N) is 1. The van der Waals surface area contributed by atoms with Crippen molar-refractivity contribution in [3.05, 3.63) is 0 Å². The lowest BCUT2D eigenvalue weighted by atomic mass is 10.4. The predicted octanol–water partition coefficient (Wildman–Crippen LogP) is -0.312. The largest absolute Gasteiger partial charge is 0.469 e. The van der Waals surface area contributed by atoms with Crippen LogP contribution in [0.25, 0.3) is 0 Å².